The second-order valence-electron chi connectivity index (χ2n) is 3.81. The van der Waals surface area contributed by atoms with Crippen LogP contribution in [0.1, 0.15) is 30.6 Å². The summed E-state index contributed by atoms with van der Waals surface area (Å²) in [6.07, 6.45) is 1.67. The first kappa shape index (κ1) is 13.4. The minimum Gasteiger partial charge on any atom is -0.480 e. The molecule has 92 valence electrons. The zero-order valence-electron chi connectivity index (χ0n) is 9.53. The average molecular weight is 257 g/mol. The first-order valence-electron chi connectivity index (χ1n) is 5.06. The van der Waals surface area contributed by atoms with E-state index in [4.69, 9.17) is 16.7 Å². The van der Waals surface area contributed by atoms with Crippen molar-refractivity contribution in [3.63, 3.8) is 0 Å². The molecule has 0 saturated carbocycles. The zero-order chi connectivity index (χ0) is 13.1. The number of amides is 1. The van der Waals surface area contributed by atoms with Crippen molar-refractivity contribution < 1.29 is 14.7 Å². The van der Waals surface area contributed by atoms with Crippen molar-refractivity contribution >= 4 is 23.5 Å². The molecular weight excluding hydrogens is 244 g/mol. The largest absolute Gasteiger partial charge is 0.480 e. The van der Waals surface area contributed by atoms with Gasteiger partial charge in [-0.1, -0.05) is 18.5 Å². The van der Waals surface area contributed by atoms with E-state index in [0.717, 1.165) is 0 Å². The normalized spacial score (nSPS) is 13.8. The maximum absolute atomic E-state index is 11.8. The van der Waals surface area contributed by atoms with Crippen LogP contribution >= 0.6 is 11.6 Å². The van der Waals surface area contributed by atoms with Gasteiger partial charge in [0.2, 0.25) is 0 Å². The lowest BCUT2D eigenvalue weighted by Gasteiger charge is -2.24. The number of hydrogen-bond donors (Lipinski definition) is 2. The Balaban J connectivity index is 2.89. The summed E-state index contributed by atoms with van der Waals surface area (Å²) in [5, 5.41) is 11.7. The monoisotopic (exact) mass is 256 g/mol. The molecule has 0 aliphatic rings. The third-order valence-electron chi connectivity index (χ3n) is 2.56. The van der Waals surface area contributed by atoms with Crippen LogP contribution in [0.4, 0.5) is 0 Å². The molecule has 0 saturated heterocycles. The van der Waals surface area contributed by atoms with Crippen LogP contribution in [0.15, 0.2) is 18.3 Å². The van der Waals surface area contributed by atoms with Crippen molar-refractivity contribution in [1.29, 1.82) is 0 Å². The minimum absolute atomic E-state index is 0.186. The van der Waals surface area contributed by atoms with E-state index in [2.05, 4.69) is 10.3 Å². The quantitative estimate of drug-likeness (QED) is 0.804. The molecule has 0 fully saturated rings. The summed E-state index contributed by atoms with van der Waals surface area (Å²) in [4.78, 5) is 26.6. The molecule has 0 radical (unpaired) electrons. The van der Waals surface area contributed by atoms with Gasteiger partial charge in [0, 0.05) is 11.8 Å². The van der Waals surface area contributed by atoms with Crippen molar-refractivity contribution in [2.45, 2.75) is 25.8 Å². The summed E-state index contributed by atoms with van der Waals surface area (Å²) in [6.45, 7) is 3.14. The fourth-order valence-corrected chi connectivity index (χ4v) is 1.33. The fraction of sp³-hybridized carbons (Fsp3) is 0.364. The summed E-state index contributed by atoms with van der Waals surface area (Å²) in [7, 11) is 0. The van der Waals surface area contributed by atoms with E-state index in [1.807, 2.05) is 0 Å². The number of nitrogens with zero attached hydrogens (tertiary/aromatic N) is 1. The van der Waals surface area contributed by atoms with Crippen molar-refractivity contribution in [3.8, 4) is 0 Å². The molecule has 1 unspecified atom stereocenters. The molecule has 1 aromatic heterocycles. The highest BCUT2D eigenvalue weighted by Crippen LogP contribution is 2.12. The van der Waals surface area contributed by atoms with Gasteiger partial charge in [-0.2, -0.15) is 0 Å². The summed E-state index contributed by atoms with van der Waals surface area (Å²) >= 11 is 5.65. The van der Waals surface area contributed by atoms with Crippen LogP contribution in [0.3, 0.4) is 0 Å². The Bertz CT molecular complexity index is 450. The molecule has 0 spiro atoms. The van der Waals surface area contributed by atoms with Gasteiger partial charge in [0.05, 0.1) is 0 Å². The van der Waals surface area contributed by atoms with Crippen LogP contribution in [0.2, 0.25) is 5.15 Å². The van der Waals surface area contributed by atoms with E-state index in [0.29, 0.717) is 0 Å². The number of carboxylic acids is 1. The summed E-state index contributed by atoms with van der Waals surface area (Å²) in [5.41, 5.74) is -1.00. The van der Waals surface area contributed by atoms with Gasteiger partial charge in [0.1, 0.15) is 10.7 Å². The molecule has 0 aliphatic carbocycles. The Hall–Kier alpha value is -1.62. The van der Waals surface area contributed by atoms with Crippen LogP contribution in [0.5, 0.6) is 0 Å². The van der Waals surface area contributed by atoms with Crippen LogP contribution in [0, 0.1) is 0 Å². The highest BCUT2D eigenvalue weighted by molar-refractivity contribution is 6.29. The summed E-state index contributed by atoms with van der Waals surface area (Å²) in [6, 6.07) is 2.86. The molecule has 1 rings (SSSR count). The zero-order valence-corrected chi connectivity index (χ0v) is 10.3. The Morgan fingerprint density at radius 1 is 1.59 bits per heavy atom. The number of aromatic nitrogens is 1. The maximum Gasteiger partial charge on any atom is 0.329 e. The molecule has 0 aromatic carbocycles. The Labute approximate surface area is 104 Å². The lowest BCUT2D eigenvalue weighted by molar-refractivity contribution is -0.143. The number of halogens is 1. The predicted octanol–water partition coefficient (Wildman–Crippen LogP) is 1.72. The van der Waals surface area contributed by atoms with Gasteiger partial charge >= 0.3 is 5.97 Å². The van der Waals surface area contributed by atoms with Crippen molar-refractivity contribution in [3.05, 3.63) is 29.0 Å². The third kappa shape index (κ3) is 3.17. The number of hydrogen-bond acceptors (Lipinski definition) is 3. The first-order chi connectivity index (χ1) is 7.89. The molecule has 1 atom stereocenters. The Morgan fingerprint density at radius 3 is 2.71 bits per heavy atom. The van der Waals surface area contributed by atoms with Crippen LogP contribution in [-0.4, -0.2) is 27.5 Å². The lowest BCUT2D eigenvalue weighted by atomic mass is 9.98. The van der Waals surface area contributed by atoms with Gasteiger partial charge in [-0.05, 0) is 25.5 Å². The van der Waals surface area contributed by atoms with E-state index in [-0.39, 0.29) is 17.1 Å². The minimum atomic E-state index is -1.28. The topological polar surface area (TPSA) is 79.3 Å². The highest BCUT2D eigenvalue weighted by Gasteiger charge is 2.32. The second-order valence-corrected chi connectivity index (χ2v) is 4.20. The number of nitrogens with one attached hydrogen (secondary N) is 1. The second kappa shape index (κ2) is 5.14. The smallest absolute Gasteiger partial charge is 0.329 e. The van der Waals surface area contributed by atoms with Crippen LogP contribution in [-0.2, 0) is 4.79 Å². The van der Waals surface area contributed by atoms with E-state index in [1.54, 1.807) is 6.92 Å². The van der Waals surface area contributed by atoms with Crippen molar-refractivity contribution in [1.82, 2.24) is 10.3 Å². The van der Waals surface area contributed by atoms with E-state index < -0.39 is 17.4 Å². The standard InChI is InChI=1S/C11H13ClN2O3/c1-3-11(2,10(16)17)14-9(15)7-4-5-13-8(12)6-7/h4-6H,3H2,1-2H3,(H,14,15)(H,16,17). The molecule has 1 amide bonds. The number of carboxylic acid groups (broad SMARTS) is 1. The highest BCUT2D eigenvalue weighted by atomic mass is 35.5. The number of carbonyl (C=O) groups is 2. The van der Waals surface area contributed by atoms with Gasteiger partial charge in [0.25, 0.3) is 5.91 Å². The number of aliphatic carboxylic acids is 1. The predicted molar refractivity (Wildman–Crippen MR) is 63.0 cm³/mol. The SMILES string of the molecule is CCC(C)(NC(=O)c1ccnc(Cl)c1)C(=O)O. The number of pyridine rings is 1. The molecule has 6 heteroatoms. The van der Waals surface area contributed by atoms with E-state index in [9.17, 15) is 9.59 Å². The van der Waals surface area contributed by atoms with Crippen LogP contribution in [0.25, 0.3) is 0 Å². The summed E-state index contributed by atoms with van der Waals surface area (Å²) in [5.74, 6) is -1.56. The molecule has 1 heterocycles. The van der Waals surface area contributed by atoms with Gasteiger partial charge in [-0.15, -0.1) is 0 Å². The Kier molecular flexibility index (Phi) is 4.07. The Morgan fingerprint density at radius 2 is 2.24 bits per heavy atom. The number of carbonyl (C=O) groups excluding carboxylic acids is 1. The molecule has 5 nitrogen and oxygen atoms in total. The molecule has 17 heavy (non-hydrogen) atoms. The van der Waals surface area contributed by atoms with Gasteiger partial charge in [-0.25, -0.2) is 9.78 Å². The van der Waals surface area contributed by atoms with Crippen LogP contribution < -0.4 is 5.32 Å². The van der Waals surface area contributed by atoms with Crippen molar-refractivity contribution in [2.75, 3.05) is 0 Å². The first-order valence-corrected chi connectivity index (χ1v) is 5.44. The van der Waals surface area contributed by atoms with Crippen molar-refractivity contribution in [2.24, 2.45) is 0 Å². The van der Waals surface area contributed by atoms with E-state index >= 15 is 0 Å². The van der Waals surface area contributed by atoms with E-state index in [1.165, 1.54) is 25.3 Å². The molecule has 2 N–H and O–H groups in total. The molecule has 1 aromatic rings. The maximum atomic E-state index is 11.8. The third-order valence-corrected chi connectivity index (χ3v) is 2.76. The van der Waals surface area contributed by atoms with Gasteiger partial charge < -0.3 is 10.4 Å². The average Bonchev–Trinajstić information content (AvgIpc) is 2.28. The molecule has 0 aliphatic heterocycles. The fourth-order valence-electron chi connectivity index (χ4n) is 1.16. The van der Waals surface area contributed by atoms with Gasteiger partial charge in [0.15, 0.2) is 0 Å². The molecule has 0 bridgehead atoms. The summed E-state index contributed by atoms with van der Waals surface area (Å²) < 4.78 is 0. The lowest BCUT2D eigenvalue weighted by Crippen LogP contribution is -2.51. The molecular formula is C11H13ClN2O3. The van der Waals surface area contributed by atoms with Gasteiger partial charge in [-0.3, -0.25) is 4.79 Å². The number of rotatable bonds is 4.